The number of hydrogen-bond acceptors (Lipinski definition) is 3. The molecule has 3 aromatic rings. The molecule has 0 N–H and O–H groups in total. The van der Waals surface area contributed by atoms with E-state index in [9.17, 15) is 0 Å². The minimum Gasteiger partial charge on any atom is -0.431 e. The average molecular weight is 332 g/mol. The number of nitrogens with zero attached hydrogens (tertiary/aromatic N) is 2. The third-order valence-electron chi connectivity index (χ3n) is 3.76. The third kappa shape index (κ3) is 3.08. The van der Waals surface area contributed by atoms with Crippen LogP contribution in [0.5, 0.6) is 5.75 Å². The lowest BCUT2D eigenvalue weighted by Gasteiger charge is -2.18. The van der Waals surface area contributed by atoms with Gasteiger partial charge in [0.2, 0.25) is 0 Å². The predicted octanol–water partition coefficient (Wildman–Crippen LogP) is 4.60. The number of nitriles is 1. The molecule has 4 heteroatoms. The Morgan fingerprint density at radius 2 is 1.71 bits per heavy atom. The molecule has 0 amide bonds. The fraction of sp³-hybridized carbons (Fsp3) is 0.100. The van der Waals surface area contributed by atoms with Crippen LogP contribution in [0.15, 0.2) is 60.7 Å². The first-order valence-corrected chi connectivity index (χ1v) is 7.92. The Morgan fingerprint density at radius 1 is 1.00 bits per heavy atom. The summed E-state index contributed by atoms with van der Waals surface area (Å²) in [6.07, 6.45) is 0. The summed E-state index contributed by atoms with van der Waals surface area (Å²) in [6, 6.07) is 21.7. The van der Waals surface area contributed by atoms with Crippen LogP contribution in [-0.4, -0.2) is 24.2 Å². The van der Waals surface area contributed by atoms with E-state index in [-0.39, 0.29) is 0 Å². The number of hydrogen-bond donors (Lipinski definition) is 0. The zero-order valence-corrected chi connectivity index (χ0v) is 14.3. The minimum atomic E-state index is 0.403. The lowest BCUT2D eigenvalue weighted by Crippen LogP contribution is -2.25. The zero-order chi connectivity index (χ0) is 17.1. The molecule has 3 aromatic carbocycles. The maximum atomic E-state index is 9.01. The number of ether oxygens (including phenoxy) is 1. The second-order valence-electron chi connectivity index (χ2n) is 5.61. The van der Waals surface area contributed by atoms with Crippen LogP contribution in [0.1, 0.15) is 5.56 Å². The van der Waals surface area contributed by atoms with Crippen molar-refractivity contribution in [3.8, 4) is 22.9 Å². The van der Waals surface area contributed by atoms with Crippen LogP contribution in [0.2, 0.25) is 0 Å². The molecule has 0 aliphatic heterocycles. The van der Waals surface area contributed by atoms with Gasteiger partial charge in [-0.05, 0) is 46.8 Å². The van der Waals surface area contributed by atoms with Crippen molar-refractivity contribution in [2.24, 2.45) is 0 Å². The molecule has 0 aromatic heterocycles. The fourth-order valence-corrected chi connectivity index (χ4v) is 2.62. The van der Waals surface area contributed by atoms with Gasteiger partial charge in [0, 0.05) is 19.7 Å². The van der Waals surface area contributed by atoms with Gasteiger partial charge in [-0.1, -0.05) is 42.5 Å². The van der Waals surface area contributed by atoms with Crippen molar-refractivity contribution in [3.63, 3.8) is 0 Å². The highest BCUT2D eigenvalue weighted by Gasteiger charge is 2.13. The van der Waals surface area contributed by atoms with Gasteiger partial charge in [-0.25, -0.2) is 0 Å². The molecule has 0 aliphatic carbocycles. The van der Waals surface area contributed by atoms with E-state index in [1.54, 1.807) is 4.90 Å². The van der Waals surface area contributed by atoms with E-state index in [1.807, 2.05) is 62.6 Å². The highest BCUT2D eigenvalue weighted by molar-refractivity contribution is 7.80. The van der Waals surface area contributed by atoms with Crippen LogP contribution in [0.4, 0.5) is 0 Å². The Labute approximate surface area is 146 Å². The monoisotopic (exact) mass is 332 g/mol. The van der Waals surface area contributed by atoms with Crippen LogP contribution in [-0.2, 0) is 0 Å². The van der Waals surface area contributed by atoms with E-state index in [0.717, 1.165) is 21.9 Å². The van der Waals surface area contributed by atoms with Crippen molar-refractivity contribution in [1.29, 1.82) is 5.26 Å². The van der Waals surface area contributed by atoms with E-state index in [0.29, 0.717) is 16.5 Å². The topological polar surface area (TPSA) is 36.3 Å². The SMILES string of the molecule is CN(C)C(=S)Oc1ccc2ccccc2c1-c1ccc(C#N)cc1. The summed E-state index contributed by atoms with van der Waals surface area (Å²) in [7, 11) is 3.70. The van der Waals surface area contributed by atoms with Gasteiger partial charge in [-0.15, -0.1) is 0 Å². The molecule has 0 bridgehead atoms. The minimum absolute atomic E-state index is 0.403. The summed E-state index contributed by atoms with van der Waals surface area (Å²) >= 11 is 5.29. The second-order valence-corrected chi connectivity index (χ2v) is 5.96. The molecular formula is C20H16N2OS. The molecule has 0 aliphatic rings. The third-order valence-corrected chi connectivity index (χ3v) is 4.20. The van der Waals surface area contributed by atoms with Crippen LogP contribution >= 0.6 is 12.2 Å². The zero-order valence-electron chi connectivity index (χ0n) is 13.5. The summed E-state index contributed by atoms with van der Waals surface area (Å²) in [5.74, 6) is 0.706. The molecule has 0 unspecified atom stereocenters. The van der Waals surface area contributed by atoms with Gasteiger partial charge in [0.25, 0.3) is 5.17 Å². The molecular weight excluding hydrogens is 316 g/mol. The van der Waals surface area contributed by atoms with Crippen LogP contribution < -0.4 is 4.74 Å². The lowest BCUT2D eigenvalue weighted by molar-refractivity contribution is 0.451. The van der Waals surface area contributed by atoms with Gasteiger partial charge < -0.3 is 9.64 Å². The molecule has 3 nitrogen and oxygen atoms in total. The molecule has 0 atom stereocenters. The van der Waals surface area contributed by atoms with Gasteiger partial charge in [-0.3, -0.25) is 0 Å². The van der Waals surface area contributed by atoms with Gasteiger partial charge in [0.1, 0.15) is 5.75 Å². The smallest absolute Gasteiger partial charge is 0.264 e. The quantitative estimate of drug-likeness (QED) is 0.642. The Balaban J connectivity index is 2.20. The van der Waals surface area contributed by atoms with Crippen molar-refractivity contribution >= 4 is 28.2 Å². The van der Waals surface area contributed by atoms with E-state index < -0.39 is 0 Å². The second kappa shape index (κ2) is 6.69. The molecule has 3 rings (SSSR count). The molecule has 0 heterocycles. The first-order valence-electron chi connectivity index (χ1n) is 7.51. The first-order chi connectivity index (χ1) is 11.6. The Hall–Kier alpha value is -2.90. The number of fused-ring (bicyclic) bond motifs is 1. The largest absolute Gasteiger partial charge is 0.431 e. The predicted molar refractivity (Wildman–Crippen MR) is 101 cm³/mol. The van der Waals surface area contributed by atoms with Crippen molar-refractivity contribution in [1.82, 2.24) is 4.90 Å². The summed E-state index contributed by atoms with van der Waals surface area (Å²) in [4.78, 5) is 1.76. The summed E-state index contributed by atoms with van der Waals surface area (Å²) in [5.41, 5.74) is 2.59. The van der Waals surface area contributed by atoms with Crippen LogP contribution in [0, 0.1) is 11.3 Å². The van der Waals surface area contributed by atoms with Gasteiger partial charge in [-0.2, -0.15) is 5.26 Å². The molecule has 0 radical (unpaired) electrons. The molecule has 118 valence electrons. The first kappa shape index (κ1) is 16.0. The molecule has 0 saturated carbocycles. The maximum absolute atomic E-state index is 9.01. The van der Waals surface area contributed by atoms with Gasteiger partial charge in [0.15, 0.2) is 0 Å². The summed E-state index contributed by atoms with van der Waals surface area (Å²) in [6.45, 7) is 0. The summed E-state index contributed by atoms with van der Waals surface area (Å²) < 4.78 is 5.92. The van der Waals surface area contributed by atoms with Crippen molar-refractivity contribution in [2.45, 2.75) is 0 Å². The van der Waals surface area contributed by atoms with E-state index in [4.69, 9.17) is 22.2 Å². The van der Waals surface area contributed by atoms with Crippen molar-refractivity contribution in [3.05, 3.63) is 66.2 Å². The molecule has 0 fully saturated rings. The van der Waals surface area contributed by atoms with E-state index in [1.165, 1.54) is 0 Å². The van der Waals surface area contributed by atoms with Gasteiger partial charge >= 0.3 is 0 Å². The Morgan fingerprint density at radius 3 is 2.38 bits per heavy atom. The van der Waals surface area contributed by atoms with Crippen molar-refractivity contribution < 1.29 is 4.74 Å². The maximum Gasteiger partial charge on any atom is 0.264 e. The van der Waals surface area contributed by atoms with E-state index in [2.05, 4.69) is 18.2 Å². The Bertz CT molecular complexity index is 940. The number of rotatable bonds is 2. The highest BCUT2D eigenvalue weighted by atomic mass is 32.1. The van der Waals surface area contributed by atoms with Gasteiger partial charge in [0.05, 0.1) is 11.6 Å². The normalized spacial score (nSPS) is 10.2. The lowest BCUT2D eigenvalue weighted by atomic mass is 9.96. The average Bonchev–Trinajstić information content (AvgIpc) is 2.61. The van der Waals surface area contributed by atoms with E-state index >= 15 is 0 Å². The van der Waals surface area contributed by atoms with Crippen LogP contribution in [0.3, 0.4) is 0 Å². The number of thiocarbonyl (C=S) groups is 1. The fourth-order valence-electron chi connectivity index (χ4n) is 2.53. The molecule has 24 heavy (non-hydrogen) atoms. The van der Waals surface area contributed by atoms with Crippen molar-refractivity contribution in [2.75, 3.05) is 14.1 Å². The highest BCUT2D eigenvalue weighted by Crippen LogP contribution is 2.37. The van der Waals surface area contributed by atoms with Crippen LogP contribution in [0.25, 0.3) is 21.9 Å². The molecule has 0 saturated heterocycles. The number of benzene rings is 3. The summed E-state index contributed by atoms with van der Waals surface area (Å²) in [5, 5.41) is 11.6. The Kier molecular flexibility index (Phi) is 4.45. The standard InChI is InChI=1S/C20H16N2OS/c1-22(2)20(24)23-18-12-11-15-5-3-4-6-17(15)19(18)16-9-7-14(13-21)8-10-16/h3-12H,1-2H3. The molecule has 0 spiro atoms.